The Balaban J connectivity index is 0.942. The number of rotatable bonds is 14. The maximum absolute atomic E-state index is 13.6. The van der Waals surface area contributed by atoms with E-state index in [1.807, 2.05) is 56.0 Å². The molecule has 2 fully saturated rings. The molecule has 2 N–H and O–H groups in total. The summed E-state index contributed by atoms with van der Waals surface area (Å²) in [5.74, 6) is 0.666. The fraction of sp³-hybridized carbons (Fsp3) is 0.535. The quantitative estimate of drug-likeness (QED) is 0.193. The Hall–Kier alpha value is -5.04. The highest BCUT2D eigenvalue weighted by Crippen LogP contribution is 2.34. The van der Waals surface area contributed by atoms with Gasteiger partial charge >= 0.3 is 6.09 Å². The highest BCUT2D eigenvalue weighted by Gasteiger charge is 2.40. The molecular formula is C43H53N5O8. The Bertz CT molecular complexity index is 1940. The number of carbonyl (C=O) groups is 4. The second-order valence-electron chi connectivity index (χ2n) is 16.4. The lowest BCUT2D eigenvalue weighted by Gasteiger charge is -2.31. The van der Waals surface area contributed by atoms with Crippen LogP contribution in [-0.2, 0) is 32.0 Å². The highest BCUT2D eigenvalue weighted by atomic mass is 16.5. The van der Waals surface area contributed by atoms with Crippen molar-refractivity contribution in [3.63, 3.8) is 0 Å². The molecule has 3 aromatic rings. The van der Waals surface area contributed by atoms with Crippen LogP contribution in [0.15, 0.2) is 66.6 Å². The number of alkyl carbamates (subject to hydrolysis) is 1. The van der Waals surface area contributed by atoms with E-state index in [9.17, 15) is 24.3 Å². The molecule has 13 heteroatoms. The number of carbonyl (C=O) groups excluding carboxylic acids is 4. The Morgan fingerprint density at radius 1 is 0.804 bits per heavy atom. The number of hydrogen-bond donors (Lipinski definition) is 2. The number of ketones is 1. The number of methoxy groups -OCH3 is 1. The van der Waals surface area contributed by atoms with Gasteiger partial charge in [-0.3, -0.25) is 24.4 Å². The molecule has 0 aliphatic carbocycles. The number of hydrogen-bond acceptors (Lipinski definition) is 10. The van der Waals surface area contributed by atoms with Crippen LogP contribution in [0.3, 0.4) is 0 Å². The Morgan fingerprint density at radius 3 is 1.82 bits per heavy atom. The SMILES string of the molecule is COC(=O)N[C@H](C(=O)N1CCCC1C1=NC=C(Cc2cc3cc4cc(CC5=CN=C(C6CCCN6C(=O)C(CC(=O)CO)C(C)C)C5)oc4cc3o2)C1)C(C)C. The van der Waals surface area contributed by atoms with Gasteiger partial charge in [0.05, 0.1) is 19.2 Å². The van der Waals surface area contributed by atoms with E-state index in [1.165, 1.54) is 7.11 Å². The van der Waals surface area contributed by atoms with Gasteiger partial charge in [0, 0.05) is 91.8 Å². The van der Waals surface area contributed by atoms with Crippen LogP contribution in [0.4, 0.5) is 4.79 Å². The second kappa shape index (κ2) is 16.6. The molecule has 2 saturated heterocycles. The van der Waals surface area contributed by atoms with E-state index in [1.54, 1.807) is 0 Å². The average Bonchev–Trinajstić information content (AvgIpc) is 4.02. The van der Waals surface area contributed by atoms with Crippen molar-refractivity contribution in [2.75, 3.05) is 26.8 Å². The topological polar surface area (TPSA) is 167 Å². The minimum absolute atomic E-state index is 0.00969. The molecule has 56 heavy (non-hydrogen) atoms. The maximum atomic E-state index is 13.6. The maximum Gasteiger partial charge on any atom is 0.407 e. The molecule has 1 aromatic carbocycles. The summed E-state index contributed by atoms with van der Waals surface area (Å²) in [4.78, 5) is 64.4. The molecule has 4 aliphatic rings. The molecule has 298 valence electrons. The first-order valence-electron chi connectivity index (χ1n) is 19.9. The van der Waals surface area contributed by atoms with Crippen LogP contribution < -0.4 is 5.32 Å². The molecule has 0 bridgehead atoms. The number of aliphatic imine (C=N–C) groups is 2. The van der Waals surface area contributed by atoms with Crippen LogP contribution in [0.25, 0.3) is 21.9 Å². The van der Waals surface area contributed by atoms with Crippen molar-refractivity contribution in [1.29, 1.82) is 0 Å². The Labute approximate surface area is 326 Å². The van der Waals surface area contributed by atoms with E-state index in [0.29, 0.717) is 38.8 Å². The number of aliphatic hydroxyl groups is 1. The number of likely N-dealkylation sites (tertiary alicyclic amines) is 2. The summed E-state index contributed by atoms with van der Waals surface area (Å²) in [6.45, 7) is 8.44. The minimum Gasteiger partial charge on any atom is -0.461 e. The Morgan fingerprint density at radius 2 is 1.34 bits per heavy atom. The molecule has 0 spiro atoms. The number of ether oxygens (including phenoxy) is 1. The molecule has 13 nitrogen and oxygen atoms in total. The third kappa shape index (κ3) is 8.23. The lowest BCUT2D eigenvalue weighted by molar-refractivity contribution is -0.140. The van der Waals surface area contributed by atoms with Crippen LogP contribution in [0.1, 0.15) is 84.2 Å². The van der Waals surface area contributed by atoms with Gasteiger partial charge in [0.25, 0.3) is 0 Å². The van der Waals surface area contributed by atoms with Crippen molar-refractivity contribution >= 4 is 57.1 Å². The minimum atomic E-state index is -0.667. The zero-order chi connectivity index (χ0) is 39.7. The highest BCUT2D eigenvalue weighted by molar-refractivity contribution is 5.99. The number of fused-ring (bicyclic) bond motifs is 2. The molecule has 0 saturated carbocycles. The summed E-state index contributed by atoms with van der Waals surface area (Å²) >= 11 is 0. The fourth-order valence-corrected chi connectivity index (χ4v) is 8.69. The van der Waals surface area contributed by atoms with Gasteiger partial charge in [-0.25, -0.2) is 4.79 Å². The van der Waals surface area contributed by atoms with Gasteiger partial charge in [-0.05, 0) is 66.9 Å². The first-order valence-corrected chi connectivity index (χ1v) is 19.9. The number of Topliss-reactive ketones (excluding diaryl/α,β-unsaturated/α-hetero) is 1. The molecule has 4 aliphatic heterocycles. The summed E-state index contributed by atoms with van der Waals surface area (Å²) in [5, 5.41) is 14.0. The molecule has 0 radical (unpaired) electrons. The van der Waals surface area contributed by atoms with Crippen molar-refractivity contribution in [2.45, 2.75) is 104 Å². The lowest BCUT2D eigenvalue weighted by Crippen LogP contribution is -2.53. The third-order valence-corrected chi connectivity index (χ3v) is 11.7. The molecule has 4 atom stereocenters. The number of amides is 3. The zero-order valence-corrected chi connectivity index (χ0v) is 33.0. The molecule has 7 rings (SSSR count). The summed E-state index contributed by atoms with van der Waals surface area (Å²) in [5.41, 5.74) is 5.66. The number of allylic oxidation sites excluding steroid dienone is 2. The summed E-state index contributed by atoms with van der Waals surface area (Å²) < 4.78 is 17.4. The lowest BCUT2D eigenvalue weighted by atomic mass is 9.89. The van der Waals surface area contributed by atoms with Crippen LogP contribution >= 0.6 is 0 Å². The van der Waals surface area contributed by atoms with E-state index in [0.717, 1.165) is 81.7 Å². The summed E-state index contributed by atoms with van der Waals surface area (Å²) in [6, 6.07) is 7.30. The van der Waals surface area contributed by atoms with Crippen molar-refractivity contribution < 1.29 is 37.9 Å². The van der Waals surface area contributed by atoms with Crippen LogP contribution in [0.2, 0.25) is 0 Å². The monoisotopic (exact) mass is 767 g/mol. The van der Waals surface area contributed by atoms with E-state index in [-0.39, 0.29) is 47.9 Å². The molecule has 2 aromatic heterocycles. The van der Waals surface area contributed by atoms with Gasteiger partial charge in [0.2, 0.25) is 11.8 Å². The summed E-state index contributed by atoms with van der Waals surface area (Å²) in [7, 11) is 1.29. The number of furan rings is 2. The number of nitrogens with one attached hydrogen (secondary N) is 1. The van der Waals surface area contributed by atoms with Gasteiger partial charge in [0.15, 0.2) is 5.78 Å². The average molecular weight is 768 g/mol. The van der Waals surface area contributed by atoms with Crippen LogP contribution in [-0.4, -0.2) is 95.0 Å². The molecular weight excluding hydrogens is 715 g/mol. The predicted molar refractivity (Wildman–Crippen MR) is 212 cm³/mol. The van der Waals surface area contributed by atoms with Crippen molar-refractivity contribution in [2.24, 2.45) is 27.7 Å². The van der Waals surface area contributed by atoms with Gasteiger partial charge in [-0.1, -0.05) is 27.7 Å². The smallest absolute Gasteiger partial charge is 0.407 e. The van der Waals surface area contributed by atoms with Gasteiger partial charge in [-0.15, -0.1) is 0 Å². The zero-order valence-electron chi connectivity index (χ0n) is 33.0. The van der Waals surface area contributed by atoms with E-state index < -0.39 is 24.7 Å². The largest absolute Gasteiger partial charge is 0.461 e. The molecule has 6 heterocycles. The second-order valence-corrected chi connectivity index (χ2v) is 16.4. The van der Waals surface area contributed by atoms with E-state index in [2.05, 4.69) is 23.5 Å². The van der Waals surface area contributed by atoms with E-state index in [4.69, 9.17) is 23.6 Å². The van der Waals surface area contributed by atoms with Crippen molar-refractivity contribution in [3.8, 4) is 0 Å². The van der Waals surface area contributed by atoms with Crippen molar-refractivity contribution in [3.05, 3.63) is 59.3 Å². The number of nitrogens with zero attached hydrogens (tertiary/aromatic N) is 4. The van der Waals surface area contributed by atoms with Gasteiger partial charge in [0.1, 0.15) is 35.3 Å². The molecule has 3 amide bonds. The number of aliphatic hydroxyl groups excluding tert-OH is 1. The van der Waals surface area contributed by atoms with Crippen LogP contribution in [0.5, 0.6) is 0 Å². The Kier molecular flexibility index (Phi) is 11.6. The normalized spacial score (nSPS) is 20.9. The van der Waals surface area contributed by atoms with Gasteiger partial charge in [-0.2, -0.15) is 0 Å². The first kappa shape index (κ1) is 39.2. The number of benzene rings is 1. The summed E-state index contributed by atoms with van der Waals surface area (Å²) in [6.07, 6.45) is 9.23. The van der Waals surface area contributed by atoms with Gasteiger partial charge < -0.3 is 33.8 Å². The van der Waals surface area contributed by atoms with Crippen LogP contribution in [0, 0.1) is 17.8 Å². The third-order valence-electron chi connectivity index (χ3n) is 11.7. The fourth-order valence-electron chi connectivity index (χ4n) is 8.69. The molecule has 3 unspecified atom stereocenters. The predicted octanol–water partition coefficient (Wildman–Crippen LogP) is 6.31. The standard InChI is InChI=1S/C43H53N5O8/c1-24(2)33(19-30(50)23-49)41(51)47-10-6-8-36(47)34-14-26(21-44-34)12-31-17-28-16-29-18-32(56-39(29)20-38(28)55-31)13-27-15-35(45-22-27)37-9-7-11-48(37)42(52)40(25(3)4)46-43(53)54-5/h16-18,20-22,24-25,33,36-37,40,49H,6-15,19,23H2,1-5H3,(H,46,53)/t33?,36?,37?,40-/m0/s1. The first-order chi connectivity index (χ1) is 26.9. The van der Waals surface area contributed by atoms with Crippen molar-refractivity contribution in [1.82, 2.24) is 15.1 Å². The van der Waals surface area contributed by atoms with E-state index >= 15 is 0 Å².